The molecule has 5 nitrogen and oxygen atoms in total. The number of methoxy groups -OCH3 is 1. The minimum Gasteiger partial charge on any atom is -0.493 e. The van der Waals surface area contributed by atoms with Gasteiger partial charge >= 0.3 is 0 Å². The van der Waals surface area contributed by atoms with E-state index in [1.54, 1.807) is 13.3 Å². The maximum absolute atomic E-state index is 5.99. The van der Waals surface area contributed by atoms with Crippen molar-refractivity contribution in [1.82, 2.24) is 14.9 Å². The Kier molecular flexibility index (Phi) is 4.10. The molecule has 0 atom stereocenters. The van der Waals surface area contributed by atoms with Crippen LogP contribution in [0.15, 0.2) is 30.6 Å². The lowest BCUT2D eigenvalue weighted by Gasteiger charge is -2.15. The average Bonchev–Trinajstić information content (AvgIpc) is 3.25. The van der Waals surface area contributed by atoms with Gasteiger partial charge in [0.2, 0.25) is 0 Å². The van der Waals surface area contributed by atoms with Crippen LogP contribution in [0.1, 0.15) is 24.2 Å². The average molecular weight is 287 g/mol. The Hall–Kier alpha value is -2.01. The minimum absolute atomic E-state index is 0.431. The van der Waals surface area contributed by atoms with E-state index in [1.165, 1.54) is 12.8 Å². The van der Waals surface area contributed by atoms with E-state index >= 15 is 0 Å². The smallest absolute Gasteiger partial charge is 0.166 e. The fourth-order valence-electron chi connectivity index (χ4n) is 2.24. The van der Waals surface area contributed by atoms with E-state index < -0.39 is 0 Å². The molecule has 1 aliphatic carbocycles. The Morgan fingerprint density at radius 1 is 1.38 bits per heavy atom. The van der Waals surface area contributed by atoms with Crippen molar-refractivity contribution in [3.63, 3.8) is 0 Å². The molecule has 2 aromatic rings. The molecule has 1 aromatic heterocycles. The minimum atomic E-state index is 0.431. The molecule has 1 aromatic carbocycles. The highest BCUT2D eigenvalue weighted by Crippen LogP contribution is 2.32. The summed E-state index contributed by atoms with van der Waals surface area (Å²) in [5.74, 6) is 2.46. The van der Waals surface area contributed by atoms with E-state index in [-0.39, 0.29) is 0 Å². The molecule has 1 saturated carbocycles. The van der Waals surface area contributed by atoms with Crippen LogP contribution in [-0.4, -0.2) is 22.7 Å². The van der Waals surface area contributed by atoms with Gasteiger partial charge in [0.1, 0.15) is 12.4 Å². The summed E-state index contributed by atoms with van der Waals surface area (Å²) in [5.41, 5.74) is 1.12. The lowest BCUT2D eigenvalue weighted by Crippen LogP contribution is -2.16. The van der Waals surface area contributed by atoms with Gasteiger partial charge in [0.15, 0.2) is 11.5 Å². The summed E-state index contributed by atoms with van der Waals surface area (Å²) in [4.78, 5) is 4.28. The number of para-hydroxylation sites is 1. The molecule has 1 aliphatic rings. The normalized spacial score (nSPS) is 14.2. The molecule has 0 amide bonds. The molecule has 1 fully saturated rings. The van der Waals surface area contributed by atoms with E-state index in [0.717, 1.165) is 29.4 Å². The Balaban J connectivity index is 1.75. The molecule has 0 unspecified atom stereocenters. The SMILES string of the molecule is COc1cccc(CNC2CC2)c1OCc1nccn1C. The van der Waals surface area contributed by atoms with Gasteiger partial charge in [-0.15, -0.1) is 0 Å². The second-order valence-corrected chi connectivity index (χ2v) is 5.35. The van der Waals surface area contributed by atoms with Crippen molar-refractivity contribution < 1.29 is 9.47 Å². The first-order valence-electron chi connectivity index (χ1n) is 7.26. The third-order valence-corrected chi connectivity index (χ3v) is 3.71. The zero-order valence-corrected chi connectivity index (χ0v) is 12.5. The van der Waals surface area contributed by atoms with Crippen LogP contribution in [0.3, 0.4) is 0 Å². The Labute approximate surface area is 124 Å². The molecule has 0 aliphatic heterocycles. The molecule has 0 saturated heterocycles. The van der Waals surface area contributed by atoms with Crippen LogP contribution in [0, 0.1) is 0 Å². The maximum Gasteiger partial charge on any atom is 0.166 e. The quantitative estimate of drug-likeness (QED) is 0.848. The second-order valence-electron chi connectivity index (χ2n) is 5.35. The van der Waals surface area contributed by atoms with Gasteiger partial charge in [-0.25, -0.2) is 4.98 Å². The maximum atomic E-state index is 5.99. The number of hydrogen-bond acceptors (Lipinski definition) is 4. The van der Waals surface area contributed by atoms with Crippen LogP contribution in [0.4, 0.5) is 0 Å². The van der Waals surface area contributed by atoms with Gasteiger partial charge in [0.25, 0.3) is 0 Å². The van der Waals surface area contributed by atoms with Crippen LogP contribution >= 0.6 is 0 Å². The fraction of sp³-hybridized carbons (Fsp3) is 0.438. The van der Waals surface area contributed by atoms with E-state index in [1.807, 2.05) is 29.9 Å². The highest BCUT2D eigenvalue weighted by Gasteiger charge is 2.21. The van der Waals surface area contributed by atoms with Crippen LogP contribution in [0.5, 0.6) is 11.5 Å². The van der Waals surface area contributed by atoms with Gasteiger partial charge in [-0.05, 0) is 18.9 Å². The van der Waals surface area contributed by atoms with Crippen molar-refractivity contribution in [3.8, 4) is 11.5 Å². The monoisotopic (exact) mass is 287 g/mol. The van der Waals surface area contributed by atoms with Gasteiger partial charge in [-0.2, -0.15) is 0 Å². The zero-order chi connectivity index (χ0) is 14.7. The zero-order valence-electron chi connectivity index (χ0n) is 12.5. The highest BCUT2D eigenvalue weighted by atomic mass is 16.5. The number of ether oxygens (including phenoxy) is 2. The van der Waals surface area contributed by atoms with Crippen LogP contribution in [0.2, 0.25) is 0 Å². The van der Waals surface area contributed by atoms with Crippen LogP contribution in [-0.2, 0) is 20.2 Å². The van der Waals surface area contributed by atoms with Gasteiger partial charge in [-0.1, -0.05) is 12.1 Å². The molecule has 21 heavy (non-hydrogen) atoms. The van der Waals surface area contributed by atoms with Crippen molar-refractivity contribution in [2.24, 2.45) is 7.05 Å². The molecule has 0 bridgehead atoms. The van der Waals surface area contributed by atoms with Gasteiger partial charge in [0.05, 0.1) is 7.11 Å². The third kappa shape index (κ3) is 3.36. The fourth-order valence-corrected chi connectivity index (χ4v) is 2.24. The van der Waals surface area contributed by atoms with Crippen molar-refractivity contribution in [1.29, 1.82) is 0 Å². The number of hydrogen-bond donors (Lipinski definition) is 1. The number of rotatable bonds is 7. The van der Waals surface area contributed by atoms with Gasteiger partial charge in [0, 0.05) is 37.6 Å². The topological polar surface area (TPSA) is 48.3 Å². The summed E-state index contributed by atoms with van der Waals surface area (Å²) in [7, 11) is 3.63. The summed E-state index contributed by atoms with van der Waals surface area (Å²) < 4.78 is 13.4. The number of imidazole rings is 1. The summed E-state index contributed by atoms with van der Waals surface area (Å²) >= 11 is 0. The summed E-state index contributed by atoms with van der Waals surface area (Å²) in [6.45, 7) is 1.23. The lowest BCUT2D eigenvalue weighted by molar-refractivity contribution is 0.269. The Morgan fingerprint density at radius 2 is 2.24 bits per heavy atom. The number of aromatic nitrogens is 2. The van der Waals surface area contributed by atoms with Crippen LogP contribution in [0.25, 0.3) is 0 Å². The van der Waals surface area contributed by atoms with E-state index in [9.17, 15) is 0 Å². The van der Waals surface area contributed by atoms with Gasteiger partial charge < -0.3 is 19.4 Å². The standard InChI is InChI=1S/C16H21N3O2/c1-19-9-8-17-15(19)11-21-16-12(10-18-13-6-7-13)4-3-5-14(16)20-2/h3-5,8-9,13,18H,6-7,10-11H2,1-2H3. The summed E-state index contributed by atoms with van der Waals surface area (Å²) in [6, 6.07) is 6.66. The van der Waals surface area contributed by atoms with Crippen LogP contribution < -0.4 is 14.8 Å². The van der Waals surface area contributed by atoms with E-state index in [2.05, 4.69) is 16.4 Å². The highest BCUT2D eigenvalue weighted by molar-refractivity contribution is 5.46. The summed E-state index contributed by atoms with van der Waals surface area (Å²) in [6.07, 6.45) is 6.23. The van der Waals surface area contributed by atoms with Crippen molar-refractivity contribution in [3.05, 3.63) is 42.0 Å². The Bertz CT molecular complexity index is 605. The number of nitrogens with one attached hydrogen (secondary N) is 1. The predicted octanol–water partition coefficient (Wildman–Crippen LogP) is 2.26. The number of aryl methyl sites for hydroxylation is 1. The Morgan fingerprint density at radius 3 is 2.90 bits per heavy atom. The van der Waals surface area contributed by atoms with Crippen molar-refractivity contribution >= 4 is 0 Å². The summed E-state index contributed by atoms with van der Waals surface area (Å²) in [5, 5.41) is 3.51. The molecule has 3 rings (SSSR count). The van der Waals surface area contributed by atoms with Crippen molar-refractivity contribution in [2.45, 2.75) is 32.0 Å². The van der Waals surface area contributed by atoms with E-state index in [0.29, 0.717) is 12.6 Å². The number of benzene rings is 1. The third-order valence-electron chi connectivity index (χ3n) is 3.71. The first-order chi connectivity index (χ1) is 10.3. The largest absolute Gasteiger partial charge is 0.493 e. The predicted molar refractivity (Wildman–Crippen MR) is 80.4 cm³/mol. The number of nitrogens with zero attached hydrogens (tertiary/aromatic N) is 2. The van der Waals surface area contributed by atoms with E-state index in [4.69, 9.17) is 9.47 Å². The molecule has 1 heterocycles. The molecule has 0 spiro atoms. The second kappa shape index (κ2) is 6.18. The molecular weight excluding hydrogens is 266 g/mol. The van der Waals surface area contributed by atoms with Crippen molar-refractivity contribution in [2.75, 3.05) is 7.11 Å². The van der Waals surface area contributed by atoms with Gasteiger partial charge in [-0.3, -0.25) is 0 Å². The molecule has 5 heteroatoms. The first kappa shape index (κ1) is 13.9. The molecule has 0 radical (unpaired) electrons. The first-order valence-corrected chi connectivity index (χ1v) is 7.26. The molecular formula is C16H21N3O2. The lowest BCUT2D eigenvalue weighted by atomic mass is 10.2. The molecule has 1 N–H and O–H groups in total. The molecule has 112 valence electrons.